The van der Waals surface area contributed by atoms with Crippen LogP contribution >= 0.6 is 0 Å². The van der Waals surface area contributed by atoms with Gasteiger partial charge < -0.3 is 25.5 Å². The van der Waals surface area contributed by atoms with E-state index >= 15 is 0 Å². The zero-order valence-electron chi connectivity index (χ0n) is 22.0. The summed E-state index contributed by atoms with van der Waals surface area (Å²) in [6.07, 6.45) is 2.02. The number of rotatable bonds is 17. The summed E-state index contributed by atoms with van der Waals surface area (Å²) in [6, 6.07) is 10.1. The number of phenolic OH excluding ortho intramolecular Hbond substituents is 2. The number of carbonyl (C=O) groups is 3. The maximum absolute atomic E-state index is 11.5. The molecule has 2 aromatic rings. The van der Waals surface area contributed by atoms with E-state index in [0.717, 1.165) is 18.4 Å². The van der Waals surface area contributed by atoms with Crippen molar-refractivity contribution in [2.24, 2.45) is 5.92 Å². The van der Waals surface area contributed by atoms with E-state index in [1.165, 1.54) is 6.07 Å². The number of hydrogen-bond donors (Lipinski definition) is 5. The second kappa shape index (κ2) is 14.9. The molecule has 0 unspecified atom stereocenters. The number of aromatic hydroxyl groups is 2. The van der Waals surface area contributed by atoms with Crippen LogP contribution in [0.15, 0.2) is 36.4 Å². The minimum absolute atomic E-state index is 0.0370. The molecule has 0 saturated heterocycles. The molecule has 0 spiro atoms. The maximum Gasteiger partial charge on any atom is 0.317 e. The standard InChI is InChI=1S/C28H38N2O8/c1-19(2)3-4-20-5-8-24(31)22(13-20)15-29(17-27(35)36)11-12-30(18-28(37)38)16-23-14-21(6-9-25(23)32)7-10-26(33)34/h5-6,8-9,13-14,19,31-32H,3-4,7,10-12,15-18H2,1-2H3,(H,33,34)(H,35,36)(H,37,38). The van der Waals surface area contributed by atoms with E-state index in [1.807, 2.05) is 12.1 Å². The lowest BCUT2D eigenvalue weighted by molar-refractivity contribution is -0.140. The number of carboxylic acids is 3. The number of benzene rings is 2. The van der Waals surface area contributed by atoms with Gasteiger partial charge in [-0.3, -0.25) is 24.2 Å². The summed E-state index contributed by atoms with van der Waals surface area (Å²) in [5, 5.41) is 48.5. The quantitative estimate of drug-likeness (QED) is 0.206. The molecule has 0 fully saturated rings. The largest absolute Gasteiger partial charge is 0.508 e. The molecule has 0 aromatic heterocycles. The second-order valence-corrected chi connectivity index (χ2v) is 9.96. The predicted molar refractivity (Wildman–Crippen MR) is 141 cm³/mol. The SMILES string of the molecule is CC(C)CCc1ccc(O)c(CN(CCN(CC(=O)O)Cc2cc(CCC(=O)O)ccc2O)CC(=O)O)c1. The number of carboxylic acid groups (broad SMARTS) is 3. The van der Waals surface area contributed by atoms with Crippen molar-refractivity contribution in [3.8, 4) is 11.5 Å². The van der Waals surface area contributed by atoms with Crippen molar-refractivity contribution < 1.29 is 39.9 Å². The summed E-state index contributed by atoms with van der Waals surface area (Å²) < 4.78 is 0. The molecule has 0 heterocycles. The Balaban J connectivity index is 2.16. The van der Waals surface area contributed by atoms with Crippen molar-refractivity contribution in [2.45, 2.75) is 52.6 Å². The van der Waals surface area contributed by atoms with Crippen LogP contribution in [-0.2, 0) is 40.3 Å². The lowest BCUT2D eigenvalue weighted by Crippen LogP contribution is -2.39. The van der Waals surface area contributed by atoms with Gasteiger partial charge in [0.05, 0.1) is 13.1 Å². The average molecular weight is 531 g/mol. The smallest absolute Gasteiger partial charge is 0.317 e. The van der Waals surface area contributed by atoms with Crippen LogP contribution in [0.4, 0.5) is 0 Å². The highest BCUT2D eigenvalue weighted by Gasteiger charge is 2.18. The van der Waals surface area contributed by atoms with Crippen molar-refractivity contribution in [2.75, 3.05) is 26.2 Å². The van der Waals surface area contributed by atoms with Crippen LogP contribution in [0.1, 0.15) is 48.9 Å². The van der Waals surface area contributed by atoms with E-state index < -0.39 is 17.9 Å². The fraction of sp³-hybridized carbons (Fsp3) is 0.464. The molecule has 0 atom stereocenters. The first kappa shape index (κ1) is 30.6. The van der Waals surface area contributed by atoms with Crippen LogP contribution in [0.2, 0.25) is 0 Å². The van der Waals surface area contributed by atoms with E-state index in [-0.39, 0.29) is 63.6 Å². The molecular weight excluding hydrogens is 492 g/mol. The Bertz CT molecular complexity index is 1100. The molecule has 0 saturated carbocycles. The number of aryl methyl sites for hydroxylation is 2. The first-order valence-electron chi connectivity index (χ1n) is 12.6. The Morgan fingerprint density at radius 3 is 1.55 bits per heavy atom. The Hall–Kier alpha value is -3.63. The Morgan fingerprint density at radius 2 is 1.16 bits per heavy atom. The summed E-state index contributed by atoms with van der Waals surface area (Å²) >= 11 is 0. The van der Waals surface area contributed by atoms with Crippen molar-refractivity contribution in [1.29, 1.82) is 0 Å². The third kappa shape index (κ3) is 11.2. The average Bonchev–Trinajstić information content (AvgIpc) is 2.82. The van der Waals surface area contributed by atoms with Gasteiger partial charge in [0, 0.05) is 43.7 Å². The zero-order chi connectivity index (χ0) is 28.2. The number of aliphatic carboxylic acids is 3. The molecule has 0 amide bonds. The van der Waals surface area contributed by atoms with Gasteiger partial charge in [0.2, 0.25) is 0 Å². The Morgan fingerprint density at radius 1 is 0.711 bits per heavy atom. The highest BCUT2D eigenvalue weighted by atomic mass is 16.4. The van der Waals surface area contributed by atoms with Crippen LogP contribution in [0.25, 0.3) is 0 Å². The van der Waals surface area contributed by atoms with E-state index in [0.29, 0.717) is 22.6 Å². The van der Waals surface area contributed by atoms with Gasteiger partial charge in [0.1, 0.15) is 11.5 Å². The van der Waals surface area contributed by atoms with E-state index in [9.17, 15) is 34.8 Å². The fourth-order valence-corrected chi connectivity index (χ4v) is 4.12. The highest BCUT2D eigenvalue weighted by Crippen LogP contribution is 2.23. The third-order valence-corrected chi connectivity index (χ3v) is 6.16. The molecule has 0 bridgehead atoms. The number of phenols is 2. The molecular formula is C28H38N2O8. The molecule has 2 aromatic carbocycles. The minimum atomic E-state index is -1.08. The third-order valence-electron chi connectivity index (χ3n) is 6.16. The zero-order valence-corrected chi connectivity index (χ0v) is 22.0. The normalized spacial score (nSPS) is 11.4. The lowest BCUT2D eigenvalue weighted by Gasteiger charge is -2.26. The van der Waals surface area contributed by atoms with Crippen LogP contribution in [0, 0.1) is 5.92 Å². The van der Waals surface area contributed by atoms with Crippen LogP contribution < -0.4 is 0 Å². The van der Waals surface area contributed by atoms with Gasteiger partial charge in [-0.2, -0.15) is 0 Å². The van der Waals surface area contributed by atoms with Gasteiger partial charge in [-0.1, -0.05) is 38.1 Å². The molecule has 0 aliphatic rings. The first-order chi connectivity index (χ1) is 17.9. The topological polar surface area (TPSA) is 159 Å². The van der Waals surface area contributed by atoms with Gasteiger partial charge in [-0.25, -0.2) is 0 Å². The summed E-state index contributed by atoms with van der Waals surface area (Å²) in [7, 11) is 0. The van der Waals surface area contributed by atoms with E-state index in [1.54, 1.807) is 28.0 Å². The van der Waals surface area contributed by atoms with Crippen LogP contribution in [0.3, 0.4) is 0 Å². The van der Waals surface area contributed by atoms with Crippen molar-refractivity contribution >= 4 is 17.9 Å². The van der Waals surface area contributed by atoms with Gasteiger partial charge in [0.25, 0.3) is 0 Å². The maximum atomic E-state index is 11.5. The van der Waals surface area contributed by atoms with Crippen molar-refractivity contribution in [3.63, 3.8) is 0 Å². The molecule has 10 heteroatoms. The fourth-order valence-electron chi connectivity index (χ4n) is 4.12. The molecule has 0 aliphatic heterocycles. The van der Waals surface area contributed by atoms with Crippen LogP contribution in [-0.4, -0.2) is 79.4 Å². The molecule has 208 valence electrons. The molecule has 5 N–H and O–H groups in total. The molecule has 2 rings (SSSR count). The summed E-state index contributed by atoms with van der Waals surface area (Å²) in [5.74, 6) is -2.51. The molecule has 0 radical (unpaired) electrons. The van der Waals surface area contributed by atoms with Gasteiger partial charge in [-0.15, -0.1) is 0 Å². The number of hydrogen-bond acceptors (Lipinski definition) is 7. The molecule has 38 heavy (non-hydrogen) atoms. The summed E-state index contributed by atoms with van der Waals surface area (Å²) in [6.45, 7) is 4.26. The predicted octanol–water partition coefficient (Wildman–Crippen LogP) is 3.18. The lowest BCUT2D eigenvalue weighted by atomic mass is 10.0. The second-order valence-electron chi connectivity index (χ2n) is 9.96. The monoisotopic (exact) mass is 530 g/mol. The van der Waals surface area contributed by atoms with Gasteiger partial charge >= 0.3 is 17.9 Å². The van der Waals surface area contributed by atoms with Gasteiger partial charge in [0.15, 0.2) is 0 Å². The highest BCUT2D eigenvalue weighted by molar-refractivity contribution is 5.69. The van der Waals surface area contributed by atoms with E-state index in [2.05, 4.69) is 13.8 Å². The minimum Gasteiger partial charge on any atom is -0.508 e. The van der Waals surface area contributed by atoms with Crippen molar-refractivity contribution in [1.82, 2.24) is 9.80 Å². The summed E-state index contributed by atoms with van der Waals surface area (Å²) in [4.78, 5) is 37.2. The van der Waals surface area contributed by atoms with Crippen LogP contribution in [0.5, 0.6) is 11.5 Å². The Kier molecular flexibility index (Phi) is 12.0. The molecule has 10 nitrogen and oxygen atoms in total. The van der Waals surface area contributed by atoms with Crippen molar-refractivity contribution in [3.05, 3.63) is 58.7 Å². The van der Waals surface area contributed by atoms with Gasteiger partial charge in [-0.05, 0) is 48.4 Å². The molecule has 0 aliphatic carbocycles. The first-order valence-corrected chi connectivity index (χ1v) is 12.6. The van der Waals surface area contributed by atoms with E-state index in [4.69, 9.17) is 5.11 Å². The summed E-state index contributed by atoms with van der Waals surface area (Å²) in [5.41, 5.74) is 2.80. The Labute approximate surface area is 222 Å². The number of nitrogens with zero attached hydrogens (tertiary/aromatic N) is 2.